The zero-order chi connectivity index (χ0) is 14.9. The smallest absolute Gasteiger partial charge is 0.251 e. The summed E-state index contributed by atoms with van der Waals surface area (Å²) in [6.07, 6.45) is 3.64. The van der Waals surface area contributed by atoms with Crippen LogP contribution >= 0.6 is 0 Å². The van der Waals surface area contributed by atoms with Crippen LogP contribution in [-0.2, 0) is 13.1 Å². The highest BCUT2D eigenvalue weighted by Crippen LogP contribution is 2.31. The van der Waals surface area contributed by atoms with E-state index in [2.05, 4.69) is 17.6 Å². The van der Waals surface area contributed by atoms with E-state index in [-0.39, 0.29) is 5.91 Å². The van der Waals surface area contributed by atoms with Gasteiger partial charge in [0.2, 0.25) is 0 Å². The van der Waals surface area contributed by atoms with Crippen LogP contribution in [-0.4, -0.2) is 23.2 Å². The number of carbonyl (C=O) groups excluding carboxylic acids is 1. The summed E-state index contributed by atoms with van der Waals surface area (Å²) in [5.74, 6) is 0.599. The molecule has 0 saturated heterocycles. The average molecular weight is 288 g/mol. The van der Waals surface area contributed by atoms with Gasteiger partial charge >= 0.3 is 0 Å². The zero-order valence-corrected chi connectivity index (χ0v) is 12.6. The summed E-state index contributed by atoms with van der Waals surface area (Å²) >= 11 is 0. The highest BCUT2D eigenvalue weighted by Gasteiger charge is 2.32. The first kappa shape index (κ1) is 14.5. The Morgan fingerprint density at radius 3 is 2.81 bits per heavy atom. The number of nitrogens with one attached hydrogen (secondary N) is 2. The van der Waals surface area contributed by atoms with Gasteiger partial charge in [-0.05, 0) is 54.9 Å². The minimum Gasteiger partial charge on any atom is -0.388 e. The third-order valence-corrected chi connectivity index (χ3v) is 4.88. The van der Waals surface area contributed by atoms with Gasteiger partial charge in [0.1, 0.15) is 0 Å². The largest absolute Gasteiger partial charge is 0.388 e. The molecule has 1 amide bonds. The van der Waals surface area contributed by atoms with Crippen LogP contribution in [0.4, 0.5) is 0 Å². The van der Waals surface area contributed by atoms with Crippen molar-refractivity contribution in [1.82, 2.24) is 10.6 Å². The molecule has 0 atom stereocenters. The van der Waals surface area contributed by atoms with Crippen LogP contribution in [0.15, 0.2) is 18.2 Å². The van der Waals surface area contributed by atoms with Gasteiger partial charge in [-0.15, -0.1) is 0 Å². The minimum atomic E-state index is -0.722. The molecular weight excluding hydrogens is 264 g/mol. The van der Waals surface area contributed by atoms with Gasteiger partial charge in [-0.25, -0.2) is 0 Å². The third-order valence-electron chi connectivity index (χ3n) is 4.88. The van der Waals surface area contributed by atoms with Gasteiger partial charge in [0, 0.05) is 25.2 Å². The SMILES string of the molecule is CC1CCC(O)(CNC(=O)c2ccc3c(c2)CNC3)CC1. The van der Waals surface area contributed by atoms with Crippen molar-refractivity contribution in [2.75, 3.05) is 6.54 Å². The summed E-state index contributed by atoms with van der Waals surface area (Å²) in [5, 5.41) is 16.7. The molecular formula is C17H24N2O2. The van der Waals surface area contributed by atoms with Crippen molar-refractivity contribution in [1.29, 1.82) is 0 Å². The highest BCUT2D eigenvalue weighted by molar-refractivity contribution is 5.94. The zero-order valence-electron chi connectivity index (χ0n) is 12.6. The molecule has 0 aromatic heterocycles. The fourth-order valence-corrected chi connectivity index (χ4v) is 3.26. The van der Waals surface area contributed by atoms with Gasteiger partial charge in [0.15, 0.2) is 0 Å². The molecule has 1 heterocycles. The monoisotopic (exact) mass is 288 g/mol. The molecule has 2 aliphatic rings. The van der Waals surface area contributed by atoms with Gasteiger partial charge in [0.05, 0.1) is 5.60 Å². The van der Waals surface area contributed by atoms with Crippen LogP contribution in [0.2, 0.25) is 0 Å². The fraction of sp³-hybridized carbons (Fsp3) is 0.588. The first-order chi connectivity index (χ1) is 10.1. The molecule has 1 saturated carbocycles. The lowest BCUT2D eigenvalue weighted by atomic mass is 9.79. The topological polar surface area (TPSA) is 61.4 Å². The normalized spacial score (nSPS) is 28.2. The lowest BCUT2D eigenvalue weighted by Gasteiger charge is -2.34. The van der Waals surface area contributed by atoms with E-state index in [0.29, 0.717) is 18.0 Å². The van der Waals surface area contributed by atoms with Crippen molar-refractivity contribution in [2.24, 2.45) is 5.92 Å². The Morgan fingerprint density at radius 1 is 1.33 bits per heavy atom. The van der Waals surface area contributed by atoms with E-state index in [9.17, 15) is 9.90 Å². The maximum absolute atomic E-state index is 12.3. The minimum absolute atomic E-state index is 0.0863. The average Bonchev–Trinajstić information content (AvgIpc) is 2.96. The second-order valence-electron chi connectivity index (χ2n) is 6.68. The van der Waals surface area contributed by atoms with Crippen molar-refractivity contribution < 1.29 is 9.90 Å². The van der Waals surface area contributed by atoms with Crippen molar-refractivity contribution in [3.63, 3.8) is 0 Å². The summed E-state index contributed by atoms with van der Waals surface area (Å²) in [6, 6.07) is 5.84. The van der Waals surface area contributed by atoms with E-state index in [1.165, 1.54) is 11.1 Å². The Bertz CT molecular complexity index is 534. The van der Waals surface area contributed by atoms with Gasteiger partial charge < -0.3 is 15.7 Å². The number of aliphatic hydroxyl groups is 1. The van der Waals surface area contributed by atoms with Crippen molar-refractivity contribution in [2.45, 2.75) is 51.3 Å². The number of hydrogen-bond acceptors (Lipinski definition) is 3. The van der Waals surface area contributed by atoms with Gasteiger partial charge in [-0.3, -0.25) is 4.79 Å². The molecule has 114 valence electrons. The molecule has 0 bridgehead atoms. The molecule has 1 fully saturated rings. The number of fused-ring (bicyclic) bond motifs is 1. The lowest BCUT2D eigenvalue weighted by molar-refractivity contribution is -0.00539. The van der Waals surface area contributed by atoms with Gasteiger partial charge in [-0.1, -0.05) is 13.0 Å². The molecule has 21 heavy (non-hydrogen) atoms. The van der Waals surface area contributed by atoms with E-state index in [4.69, 9.17) is 0 Å². The molecule has 0 unspecified atom stereocenters. The number of hydrogen-bond donors (Lipinski definition) is 3. The number of amides is 1. The van der Waals surface area contributed by atoms with Crippen LogP contribution in [0.3, 0.4) is 0 Å². The van der Waals surface area contributed by atoms with E-state index in [0.717, 1.165) is 38.8 Å². The maximum Gasteiger partial charge on any atom is 0.251 e. The Morgan fingerprint density at radius 2 is 2.05 bits per heavy atom. The van der Waals surface area contributed by atoms with E-state index < -0.39 is 5.60 Å². The molecule has 1 aromatic rings. The lowest BCUT2D eigenvalue weighted by Crippen LogP contribution is -2.45. The first-order valence-electron chi connectivity index (χ1n) is 7.89. The Balaban J connectivity index is 1.59. The molecule has 1 aromatic carbocycles. The molecule has 0 spiro atoms. The summed E-state index contributed by atoms with van der Waals surface area (Å²) in [6.45, 7) is 4.29. The molecule has 3 rings (SSSR count). The van der Waals surface area contributed by atoms with E-state index >= 15 is 0 Å². The second-order valence-corrected chi connectivity index (χ2v) is 6.68. The van der Waals surface area contributed by atoms with Crippen LogP contribution in [0.5, 0.6) is 0 Å². The highest BCUT2D eigenvalue weighted by atomic mass is 16.3. The Kier molecular flexibility index (Phi) is 4.00. The molecule has 1 aliphatic heterocycles. The van der Waals surface area contributed by atoms with Crippen LogP contribution in [0, 0.1) is 5.92 Å². The van der Waals surface area contributed by atoms with Crippen LogP contribution < -0.4 is 10.6 Å². The Hall–Kier alpha value is -1.39. The summed E-state index contributed by atoms with van der Waals surface area (Å²) in [5.41, 5.74) is 2.44. The summed E-state index contributed by atoms with van der Waals surface area (Å²) < 4.78 is 0. The first-order valence-corrected chi connectivity index (χ1v) is 7.89. The quantitative estimate of drug-likeness (QED) is 0.797. The molecule has 4 nitrogen and oxygen atoms in total. The van der Waals surface area contributed by atoms with Gasteiger partial charge in [-0.2, -0.15) is 0 Å². The number of rotatable bonds is 3. The predicted molar refractivity (Wildman–Crippen MR) is 81.9 cm³/mol. The molecule has 1 aliphatic carbocycles. The Labute approximate surface area is 125 Å². The molecule has 4 heteroatoms. The van der Waals surface area contributed by atoms with E-state index in [1.807, 2.05) is 18.2 Å². The fourth-order valence-electron chi connectivity index (χ4n) is 3.26. The van der Waals surface area contributed by atoms with E-state index in [1.54, 1.807) is 0 Å². The standard InChI is InChI=1S/C17H24N2O2/c1-12-4-6-17(21,7-5-12)11-19-16(20)13-2-3-14-9-18-10-15(14)8-13/h2-3,8,12,18,21H,4-7,9-11H2,1H3,(H,19,20). The second kappa shape index (κ2) is 5.78. The van der Waals surface area contributed by atoms with Crippen molar-refractivity contribution >= 4 is 5.91 Å². The van der Waals surface area contributed by atoms with Crippen LogP contribution in [0.1, 0.15) is 54.1 Å². The third kappa shape index (κ3) is 3.27. The summed E-state index contributed by atoms with van der Waals surface area (Å²) in [7, 11) is 0. The maximum atomic E-state index is 12.3. The number of carbonyl (C=O) groups is 1. The predicted octanol–water partition coefficient (Wildman–Crippen LogP) is 1.96. The van der Waals surface area contributed by atoms with Gasteiger partial charge in [0.25, 0.3) is 5.91 Å². The van der Waals surface area contributed by atoms with Crippen molar-refractivity contribution in [3.05, 3.63) is 34.9 Å². The van der Waals surface area contributed by atoms with Crippen LogP contribution in [0.25, 0.3) is 0 Å². The molecule has 3 N–H and O–H groups in total. The number of benzene rings is 1. The molecule has 0 radical (unpaired) electrons. The summed E-state index contributed by atoms with van der Waals surface area (Å²) in [4.78, 5) is 12.3. The van der Waals surface area contributed by atoms with Crippen molar-refractivity contribution in [3.8, 4) is 0 Å².